The van der Waals surface area contributed by atoms with Crippen LogP contribution in [0.2, 0.25) is 23.2 Å². The highest BCUT2D eigenvalue weighted by atomic mass is 35.5. The summed E-state index contributed by atoms with van der Waals surface area (Å²) in [6.07, 6.45) is -0.632. The molecule has 2 rings (SSSR count). The van der Waals surface area contributed by atoms with Gasteiger partial charge in [0.2, 0.25) is 0 Å². The Hall–Kier alpha value is -2.35. The second-order valence-corrected chi connectivity index (χ2v) is 14.7. The fourth-order valence-electron chi connectivity index (χ4n) is 3.83. The van der Waals surface area contributed by atoms with Crippen molar-refractivity contribution in [1.29, 1.82) is 0 Å². The van der Waals surface area contributed by atoms with Gasteiger partial charge in [0.25, 0.3) is 0 Å². The van der Waals surface area contributed by atoms with Crippen molar-refractivity contribution < 1.29 is 23.5 Å². The third kappa shape index (κ3) is 8.09. The quantitative estimate of drug-likeness (QED) is 0.260. The van der Waals surface area contributed by atoms with Gasteiger partial charge in [0.1, 0.15) is 12.2 Å². The van der Waals surface area contributed by atoms with Gasteiger partial charge in [0, 0.05) is 5.02 Å². The van der Waals surface area contributed by atoms with Crippen LogP contribution < -0.4 is 5.32 Å². The van der Waals surface area contributed by atoms with Crippen molar-refractivity contribution in [2.45, 2.75) is 77.5 Å². The van der Waals surface area contributed by atoms with Crippen LogP contribution in [0.1, 0.15) is 52.7 Å². The average Bonchev–Trinajstić information content (AvgIpc) is 2.83. The summed E-state index contributed by atoms with van der Waals surface area (Å²) < 4.78 is 18.1. The molecule has 1 N–H and O–H groups in total. The van der Waals surface area contributed by atoms with E-state index in [1.165, 1.54) is 0 Å². The molecule has 0 aliphatic carbocycles. The Balaban J connectivity index is 2.52. The Morgan fingerprint density at radius 3 is 2.00 bits per heavy atom. The third-order valence-electron chi connectivity index (χ3n) is 6.06. The van der Waals surface area contributed by atoms with Crippen LogP contribution in [-0.4, -0.2) is 32.5 Å². The molecule has 2 aromatic carbocycles. The van der Waals surface area contributed by atoms with Crippen molar-refractivity contribution in [2.75, 3.05) is 6.54 Å². The van der Waals surface area contributed by atoms with Crippen LogP contribution in [0.4, 0.5) is 4.79 Å². The smallest absolute Gasteiger partial charge is 0.407 e. The summed E-state index contributed by atoms with van der Waals surface area (Å²) in [7, 11) is -2.37. The van der Waals surface area contributed by atoms with E-state index in [-0.39, 0.29) is 13.2 Å². The van der Waals surface area contributed by atoms with E-state index in [1.807, 2.05) is 30.3 Å². The number of halogens is 1. The molecular formula is C27H38ClNO5Si. The molecule has 1 amide bonds. The third-order valence-corrected chi connectivity index (χ3v) is 11.0. The number of nitrogens with one attached hydrogen (secondary N) is 1. The minimum absolute atomic E-state index is 0.0870. The van der Waals surface area contributed by atoms with Crippen molar-refractivity contribution in [1.82, 2.24) is 5.32 Å². The van der Waals surface area contributed by atoms with E-state index >= 15 is 0 Å². The maximum atomic E-state index is 13.9. The molecule has 6 nitrogen and oxygen atoms in total. The molecule has 0 saturated heterocycles. The first kappa shape index (κ1) is 28.9. The van der Waals surface area contributed by atoms with Crippen LogP contribution in [0.25, 0.3) is 0 Å². The second kappa shape index (κ2) is 12.6. The van der Waals surface area contributed by atoms with E-state index in [0.29, 0.717) is 10.6 Å². The summed E-state index contributed by atoms with van der Waals surface area (Å²) in [5.41, 5.74) is -0.805. The lowest BCUT2D eigenvalue weighted by Gasteiger charge is -2.41. The van der Waals surface area contributed by atoms with Crippen LogP contribution in [0, 0.1) is 0 Å². The number of amides is 1. The number of carbonyl (C=O) groups is 2. The number of rotatable bonds is 11. The molecule has 0 unspecified atom stereocenters. The van der Waals surface area contributed by atoms with Crippen LogP contribution in [0.5, 0.6) is 0 Å². The maximum Gasteiger partial charge on any atom is 0.407 e. The molecule has 0 heterocycles. The van der Waals surface area contributed by atoms with Crippen molar-refractivity contribution >= 4 is 32.0 Å². The number of hydrogen-bond acceptors (Lipinski definition) is 5. The van der Waals surface area contributed by atoms with Gasteiger partial charge in [-0.25, -0.2) is 9.59 Å². The van der Waals surface area contributed by atoms with Gasteiger partial charge in [0.05, 0.1) is 6.54 Å². The van der Waals surface area contributed by atoms with Gasteiger partial charge in [-0.1, -0.05) is 74.8 Å². The zero-order valence-electron chi connectivity index (χ0n) is 21.7. The van der Waals surface area contributed by atoms with Crippen molar-refractivity contribution in [3.05, 3.63) is 70.7 Å². The fourth-order valence-corrected chi connectivity index (χ4v) is 6.91. The summed E-state index contributed by atoms with van der Waals surface area (Å²) in [5.74, 6) is -0.563. The molecular weight excluding hydrogens is 482 g/mol. The largest absolute Gasteiger partial charge is 0.458 e. The fraction of sp³-hybridized carbons (Fsp3) is 0.481. The highest BCUT2D eigenvalue weighted by Crippen LogP contribution is 2.36. The highest BCUT2D eigenvalue weighted by Gasteiger charge is 2.49. The predicted octanol–water partition coefficient (Wildman–Crippen LogP) is 6.83. The lowest BCUT2D eigenvalue weighted by Crippen LogP contribution is -2.56. The monoisotopic (exact) mass is 519 g/mol. The van der Waals surface area contributed by atoms with Crippen molar-refractivity contribution in [2.24, 2.45) is 0 Å². The molecule has 35 heavy (non-hydrogen) atoms. The topological polar surface area (TPSA) is 73.9 Å². The highest BCUT2D eigenvalue weighted by molar-refractivity contribution is 6.73. The van der Waals surface area contributed by atoms with Gasteiger partial charge in [0.15, 0.2) is 13.9 Å². The van der Waals surface area contributed by atoms with Crippen LogP contribution in [0.3, 0.4) is 0 Å². The Morgan fingerprint density at radius 1 is 0.914 bits per heavy atom. The molecule has 0 aromatic heterocycles. The minimum atomic E-state index is -2.37. The van der Waals surface area contributed by atoms with Crippen LogP contribution in [0.15, 0.2) is 54.6 Å². The summed E-state index contributed by atoms with van der Waals surface area (Å²) in [5, 5.41) is 3.30. The molecule has 2 aromatic rings. The number of esters is 1. The number of ether oxygens (including phenoxy) is 2. The first-order chi connectivity index (χ1) is 16.5. The van der Waals surface area contributed by atoms with Gasteiger partial charge >= 0.3 is 12.1 Å². The van der Waals surface area contributed by atoms with Crippen LogP contribution >= 0.6 is 11.6 Å². The van der Waals surface area contributed by atoms with E-state index in [0.717, 1.165) is 23.7 Å². The molecule has 0 aliphatic heterocycles. The SMILES string of the molecule is CC[Si](CC)(CC)O[C@@](CNC(=O)OC(C)(C)C)(C(=O)OCc1ccccc1)c1ccc(Cl)cc1. The molecule has 192 valence electrons. The Kier molecular flexibility index (Phi) is 10.4. The average molecular weight is 520 g/mol. The van der Waals surface area contributed by atoms with Crippen LogP contribution in [-0.2, 0) is 30.9 Å². The van der Waals surface area contributed by atoms with E-state index in [1.54, 1.807) is 45.0 Å². The molecule has 0 spiro atoms. The standard InChI is InChI=1S/C27H38ClNO5Si/c1-7-35(8-2,9-3)34-27(22-15-17-23(28)18-16-22,20-29-25(31)33-26(4,5)6)24(30)32-19-21-13-11-10-12-14-21/h10-18H,7-9,19-20H2,1-6H3,(H,29,31)/t27-/m1/s1. The van der Waals surface area contributed by atoms with Crippen molar-refractivity contribution in [3.63, 3.8) is 0 Å². The summed E-state index contributed by atoms with van der Waals surface area (Å²) >= 11 is 6.16. The molecule has 0 radical (unpaired) electrons. The Bertz CT molecular complexity index is 950. The Labute approximate surface area is 215 Å². The first-order valence-electron chi connectivity index (χ1n) is 12.1. The zero-order chi connectivity index (χ0) is 26.1. The van der Waals surface area contributed by atoms with Crippen molar-refractivity contribution in [3.8, 4) is 0 Å². The molecule has 8 heteroatoms. The number of carbonyl (C=O) groups excluding carboxylic acids is 2. The van der Waals surface area contributed by atoms with Gasteiger partial charge in [-0.05, 0) is 62.2 Å². The van der Waals surface area contributed by atoms with Gasteiger partial charge < -0.3 is 19.2 Å². The zero-order valence-corrected chi connectivity index (χ0v) is 23.4. The molecule has 0 aliphatic rings. The van der Waals surface area contributed by atoms with Gasteiger partial charge in [-0.15, -0.1) is 0 Å². The van der Waals surface area contributed by atoms with E-state index in [9.17, 15) is 9.59 Å². The van der Waals surface area contributed by atoms with Gasteiger partial charge in [-0.3, -0.25) is 0 Å². The number of hydrogen-bond donors (Lipinski definition) is 1. The lowest BCUT2D eigenvalue weighted by molar-refractivity contribution is -0.165. The summed E-state index contributed by atoms with van der Waals surface area (Å²) in [4.78, 5) is 26.5. The normalized spacial score (nSPS) is 13.6. The molecule has 0 bridgehead atoms. The summed E-state index contributed by atoms with van der Waals surface area (Å²) in [6, 6.07) is 18.8. The van der Waals surface area contributed by atoms with E-state index < -0.39 is 31.6 Å². The predicted molar refractivity (Wildman–Crippen MR) is 142 cm³/mol. The molecule has 1 atom stereocenters. The van der Waals surface area contributed by atoms with Gasteiger partial charge in [-0.2, -0.15) is 0 Å². The number of benzene rings is 2. The summed E-state index contributed by atoms with van der Waals surface area (Å²) in [6.45, 7) is 11.6. The molecule has 0 fully saturated rings. The first-order valence-corrected chi connectivity index (χ1v) is 15.0. The maximum absolute atomic E-state index is 13.9. The molecule has 0 saturated carbocycles. The van der Waals surface area contributed by atoms with E-state index in [4.69, 9.17) is 25.5 Å². The minimum Gasteiger partial charge on any atom is -0.458 e. The number of alkyl carbamates (subject to hydrolysis) is 1. The lowest BCUT2D eigenvalue weighted by atomic mass is 9.93. The Morgan fingerprint density at radius 2 is 1.49 bits per heavy atom. The second-order valence-electron chi connectivity index (χ2n) is 9.60. The van der Waals surface area contributed by atoms with E-state index in [2.05, 4.69) is 26.1 Å².